The van der Waals surface area contributed by atoms with Crippen LogP contribution in [0.15, 0.2) is 72.8 Å². The molecule has 6 heteroatoms. The van der Waals surface area contributed by atoms with Gasteiger partial charge in [0.05, 0.1) is 7.11 Å². The molecule has 29 heavy (non-hydrogen) atoms. The van der Waals surface area contributed by atoms with Crippen LogP contribution in [0, 0.1) is 5.82 Å². The van der Waals surface area contributed by atoms with E-state index in [1.54, 1.807) is 61.7 Å². The van der Waals surface area contributed by atoms with Gasteiger partial charge < -0.3 is 14.8 Å². The maximum absolute atomic E-state index is 14.3. The Morgan fingerprint density at radius 1 is 0.862 bits per heavy atom. The van der Waals surface area contributed by atoms with Crippen molar-refractivity contribution in [2.75, 3.05) is 12.4 Å². The third kappa shape index (κ3) is 5.42. The van der Waals surface area contributed by atoms with Crippen molar-refractivity contribution in [2.45, 2.75) is 12.8 Å². The predicted octanol–water partition coefficient (Wildman–Crippen LogP) is 5.23. The molecule has 0 radical (unpaired) electrons. The third-order valence-electron chi connectivity index (χ3n) is 4.20. The van der Waals surface area contributed by atoms with Crippen molar-refractivity contribution in [3.8, 4) is 17.2 Å². The predicted molar refractivity (Wildman–Crippen MR) is 108 cm³/mol. The molecule has 1 amide bonds. The van der Waals surface area contributed by atoms with Gasteiger partial charge in [0.15, 0.2) is 17.3 Å². The van der Waals surface area contributed by atoms with E-state index in [-0.39, 0.29) is 30.1 Å². The SMILES string of the molecule is COc1ccc(C(=O)CCC(=O)Nc2c(F)cccc2Oc2ccccc2)cc1. The van der Waals surface area contributed by atoms with Gasteiger partial charge in [0.2, 0.25) is 5.91 Å². The molecule has 0 aliphatic rings. The summed E-state index contributed by atoms with van der Waals surface area (Å²) in [5.41, 5.74) is 0.427. The number of benzene rings is 3. The molecule has 1 N–H and O–H groups in total. The van der Waals surface area contributed by atoms with Gasteiger partial charge in [0.1, 0.15) is 17.2 Å². The Labute approximate surface area is 168 Å². The van der Waals surface area contributed by atoms with E-state index in [0.717, 1.165) is 0 Å². The lowest BCUT2D eigenvalue weighted by Crippen LogP contribution is -2.15. The van der Waals surface area contributed by atoms with Gasteiger partial charge in [-0.25, -0.2) is 4.39 Å². The van der Waals surface area contributed by atoms with E-state index in [2.05, 4.69) is 5.32 Å². The number of anilines is 1. The normalized spacial score (nSPS) is 10.3. The molecule has 0 bridgehead atoms. The van der Waals surface area contributed by atoms with E-state index in [4.69, 9.17) is 9.47 Å². The number of carbonyl (C=O) groups excluding carboxylic acids is 2. The number of carbonyl (C=O) groups is 2. The lowest BCUT2D eigenvalue weighted by atomic mass is 10.1. The minimum Gasteiger partial charge on any atom is -0.497 e. The molecular weight excluding hydrogens is 373 g/mol. The van der Waals surface area contributed by atoms with E-state index in [9.17, 15) is 14.0 Å². The van der Waals surface area contributed by atoms with Crippen LogP contribution in [0.25, 0.3) is 0 Å². The standard InChI is InChI=1S/C23H20FNO4/c1-28-17-12-10-16(11-13-17)20(26)14-15-22(27)25-23-19(24)8-5-9-21(23)29-18-6-3-2-4-7-18/h2-13H,14-15H2,1H3,(H,25,27). The fraction of sp³-hybridized carbons (Fsp3) is 0.130. The van der Waals surface area contributed by atoms with Crippen molar-refractivity contribution >= 4 is 17.4 Å². The van der Waals surface area contributed by atoms with Gasteiger partial charge in [-0.3, -0.25) is 9.59 Å². The first kappa shape index (κ1) is 20.1. The zero-order chi connectivity index (χ0) is 20.6. The quantitative estimate of drug-likeness (QED) is 0.533. The fourth-order valence-corrected chi connectivity index (χ4v) is 2.68. The first-order valence-electron chi connectivity index (χ1n) is 9.05. The maximum atomic E-state index is 14.3. The zero-order valence-corrected chi connectivity index (χ0v) is 15.9. The summed E-state index contributed by atoms with van der Waals surface area (Å²) in [6, 6.07) is 19.8. The summed E-state index contributed by atoms with van der Waals surface area (Å²) in [5.74, 6) is 0.0688. The molecule has 0 saturated heterocycles. The van der Waals surface area contributed by atoms with Crippen LogP contribution in [0.3, 0.4) is 0 Å². The Bertz CT molecular complexity index is 988. The van der Waals surface area contributed by atoms with Crippen LogP contribution in [-0.4, -0.2) is 18.8 Å². The molecule has 0 aliphatic heterocycles. The van der Waals surface area contributed by atoms with Crippen molar-refractivity contribution in [1.29, 1.82) is 0 Å². The second kappa shape index (κ2) is 9.50. The molecule has 0 saturated carbocycles. The van der Waals surface area contributed by atoms with E-state index in [0.29, 0.717) is 17.1 Å². The highest BCUT2D eigenvalue weighted by Gasteiger charge is 2.15. The molecule has 3 aromatic rings. The lowest BCUT2D eigenvalue weighted by molar-refractivity contribution is -0.116. The fourth-order valence-electron chi connectivity index (χ4n) is 2.68. The van der Waals surface area contributed by atoms with Crippen LogP contribution in [0.1, 0.15) is 23.2 Å². The van der Waals surface area contributed by atoms with Crippen LogP contribution >= 0.6 is 0 Å². The Kier molecular flexibility index (Phi) is 6.58. The molecular formula is C23H20FNO4. The van der Waals surface area contributed by atoms with Crippen LogP contribution in [0.2, 0.25) is 0 Å². The summed E-state index contributed by atoms with van der Waals surface area (Å²) in [6.45, 7) is 0. The molecule has 5 nitrogen and oxygen atoms in total. The van der Waals surface area contributed by atoms with Crippen molar-refractivity contribution in [1.82, 2.24) is 0 Å². The molecule has 0 spiro atoms. The van der Waals surface area contributed by atoms with E-state index in [1.165, 1.54) is 12.1 Å². The summed E-state index contributed by atoms with van der Waals surface area (Å²) in [5, 5.41) is 2.51. The summed E-state index contributed by atoms with van der Waals surface area (Å²) in [6.07, 6.45) is -0.0779. The lowest BCUT2D eigenvalue weighted by Gasteiger charge is -2.13. The number of ether oxygens (including phenoxy) is 2. The largest absolute Gasteiger partial charge is 0.497 e. The molecule has 0 unspecified atom stereocenters. The average Bonchev–Trinajstić information content (AvgIpc) is 2.75. The second-order valence-electron chi connectivity index (χ2n) is 6.23. The number of methoxy groups -OCH3 is 1. The average molecular weight is 393 g/mol. The molecule has 3 rings (SSSR count). The van der Waals surface area contributed by atoms with Gasteiger partial charge in [-0.05, 0) is 48.5 Å². The van der Waals surface area contributed by atoms with Crippen molar-refractivity contribution in [2.24, 2.45) is 0 Å². The van der Waals surface area contributed by atoms with Crippen molar-refractivity contribution in [3.05, 3.63) is 84.2 Å². The van der Waals surface area contributed by atoms with Gasteiger partial charge in [-0.15, -0.1) is 0 Å². The number of nitrogens with one attached hydrogen (secondary N) is 1. The van der Waals surface area contributed by atoms with Gasteiger partial charge in [-0.2, -0.15) is 0 Å². The number of halogens is 1. The number of amides is 1. The van der Waals surface area contributed by atoms with E-state index < -0.39 is 11.7 Å². The summed E-state index contributed by atoms with van der Waals surface area (Å²) in [7, 11) is 1.54. The Morgan fingerprint density at radius 3 is 2.28 bits per heavy atom. The maximum Gasteiger partial charge on any atom is 0.225 e. The van der Waals surface area contributed by atoms with Gasteiger partial charge in [0.25, 0.3) is 0 Å². The van der Waals surface area contributed by atoms with Gasteiger partial charge >= 0.3 is 0 Å². The molecule has 0 heterocycles. The van der Waals surface area contributed by atoms with Crippen molar-refractivity contribution < 1.29 is 23.5 Å². The first-order valence-corrected chi connectivity index (χ1v) is 9.05. The van der Waals surface area contributed by atoms with Crippen LogP contribution in [-0.2, 0) is 4.79 Å². The Hall–Kier alpha value is -3.67. The number of para-hydroxylation sites is 2. The van der Waals surface area contributed by atoms with Gasteiger partial charge in [-0.1, -0.05) is 24.3 Å². The van der Waals surface area contributed by atoms with Crippen LogP contribution in [0.4, 0.5) is 10.1 Å². The van der Waals surface area contributed by atoms with Gasteiger partial charge in [0, 0.05) is 18.4 Å². The topological polar surface area (TPSA) is 64.6 Å². The third-order valence-corrected chi connectivity index (χ3v) is 4.20. The Balaban J connectivity index is 1.63. The summed E-state index contributed by atoms with van der Waals surface area (Å²) >= 11 is 0. The summed E-state index contributed by atoms with van der Waals surface area (Å²) in [4.78, 5) is 24.6. The monoisotopic (exact) mass is 393 g/mol. The molecule has 3 aromatic carbocycles. The molecule has 0 fully saturated rings. The second-order valence-corrected chi connectivity index (χ2v) is 6.23. The highest BCUT2D eigenvalue weighted by Crippen LogP contribution is 2.31. The number of ketones is 1. The van der Waals surface area contributed by atoms with E-state index in [1.807, 2.05) is 6.07 Å². The minimum atomic E-state index is -0.617. The van der Waals surface area contributed by atoms with E-state index >= 15 is 0 Å². The smallest absolute Gasteiger partial charge is 0.225 e. The number of rotatable bonds is 8. The molecule has 0 atom stereocenters. The summed E-state index contributed by atoms with van der Waals surface area (Å²) < 4.78 is 25.0. The van der Waals surface area contributed by atoms with Crippen LogP contribution in [0.5, 0.6) is 17.2 Å². The highest BCUT2D eigenvalue weighted by molar-refractivity contribution is 6.00. The zero-order valence-electron chi connectivity index (χ0n) is 15.9. The van der Waals surface area contributed by atoms with Crippen LogP contribution < -0.4 is 14.8 Å². The number of hydrogen-bond acceptors (Lipinski definition) is 4. The highest BCUT2D eigenvalue weighted by atomic mass is 19.1. The number of Topliss-reactive ketones (excluding diaryl/α,β-unsaturated/α-hetero) is 1. The number of hydrogen-bond donors (Lipinski definition) is 1. The molecule has 148 valence electrons. The first-order chi connectivity index (χ1) is 14.1. The molecule has 0 aliphatic carbocycles. The molecule has 0 aromatic heterocycles. The minimum absolute atomic E-state index is 0.00148. The van der Waals surface area contributed by atoms with Crippen molar-refractivity contribution in [3.63, 3.8) is 0 Å². The Morgan fingerprint density at radius 2 is 1.59 bits per heavy atom.